The SMILES string of the molecule is CCn1nc(C)cc1C(NC)c1ccoc1. The second-order valence-corrected chi connectivity index (χ2v) is 3.80. The molecule has 0 amide bonds. The molecule has 0 spiro atoms. The summed E-state index contributed by atoms with van der Waals surface area (Å²) >= 11 is 0. The summed E-state index contributed by atoms with van der Waals surface area (Å²) in [5, 5.41) is 7.74. The summed E-state index contributed by atoms with van der Waals surface area (Å²) < 4.78 is 7.15. The number of nitrogens with zero attached hydrogens (tertiary/aromatic N) is 2. The maximum Gasteiger partial charge on any atom is 0.0954 e. The Morgan fingerprint density at radius 1 is 1.56 bits per heavy atom. The van der Waals surface area contributed by atoms with Crippen molar-refractivity contribution in [2.45, 2.75) is 26.4 Å². The molecule has 0 radical (unpaired) electrons. The lowest BCUT2D eigenvalue weighted by Crippen LogP contribution is -2.20. The van der Waals surface area contributed by atoms with E-state index in [0.717, 1.165) is 17.8 Å². The van der Waals surface area contributed by atoms with E-state index in [1.54, 1.807) is 12.5 Å². The van der Waals surface area contributed by atoms with Crippen LogP contribution in [0.1, 0.15) is 29.9 Å². The van der Waals surface area contributed by atoms with Gasteiger partial charge in [-0.2, -0.15) is 5.10 Å². The van der Waals surface area contributed by atoms with Crippen molar-refractivity contribution in [2.75, 3.05) is 7.05 Å². The van der Waals surface area contributed by atoms with Crippen molar-refractivity contribution in [1.82, 2.24) is 15.1 Å². The van der Waals surface area contributed by atoms with Crippen LogP contribution in [0.25, 0.3) is 0 Å². The Labute approximate surface area is 95.3 Å². The quantitative estimate of drug-likeness (QED) is 0.856. The van der Waals surface area contributed by atoms with Gasteiger partial charge < -0.3 is 9.73 Å². The molecule has 1 unspecified atom stereocenters. The van der Waals surface area contributed by atoms with Crippen LogP contribution in [0.15, 0.2) is 29.1 Å². The van der Waals surface area contributed by atoms with Crippen molar-refractivity contribution in [3.05, 3.63) is 41.6 Å². The number of nitrogens with one attached hydrogen (secondary N) is 1. The second-order valence-electron chi connectivity index (χ2n) is 3.80. The smallest absolute Gasteiger partial charge is 0.0954 e. The van der Waals surface area contributed by atoms with E-state index in [-0.39, 0.29) is 6.04 Å². The summed E-state index contributed by atoms with van der Waals surface area (Å²) in [6.45, 7) is 4.98. The first-order valence-electron chi connectivity index (χ1n) is 5.50. The molecule has 0 bridgehead atoms. The van der Waals surface area contributed by atoms with E-state index < -0.39 is 0 Å². The fourth-order valence-electron chi connectivity index (χ4n) is 1.98. The van der Waals surface area contributed by atoms with Crippen molar-refractivity contribution in [3.63, 3.8) is 0 Å². The van der Waals surface area contributed by atoms with Crippen LogP contribution in [0.5, 0.6) is 0 Å². The van der Waals surface area contributed by atoms with Gasteiger partial charge in [0.15, 0.2) is 0 Å². The highest BCUT2D eigenvalue weighted by molar-refractivity contribution is 5.25. The van der Waals surface area contributed by atoms with Crippen LogP contribution in [0, 0.1) is 6.92 Å². The molecule has 86 valence electrons. The molecule has 4 heteroatoms. The average molecular weight is 219 g/mol. The van der Waals surface area contributed by atoms with E-state index in [9.17, 15) is 0 Å². The Hall–Kier alpha value is -1.55. The third-order valence-corrected chi connectivity index (χ3v) is 2.69. The largest absolute Gasteiger partial charge is 0.472 e. The predicted octanol–water partition coefficient (Wildman–Crippen LogP) is 2.11. The van der Waals surface area contributed by atoms with E-state index in [2.05, 4.69) is 23.4 Å². The summed E-state index contributed by atoms with van der Waals surface area (Å²) in [6, 6.07) is 4.22. The zero-order valence-corrected chi connectivity index (χ0v) is 9.90. The molecule has 0 aliphatic heterocycles. The van der Waals surface area contributed by atoms with Crippen LogP contribution in [-0.2, 0) is 6.54 Å². The molecule has 0 fully saturated rings. The van der Waals surface area contributed by atoms with Gasteiger partial charge in [-0.05, 0) is 33.0 Å². The fourth-order valence-corrected chi connectivity index (χ4v) is 1.98. The molecule has 1 N–H and O–H groups in total. The summed E-state index contributed by atoms with van der Waals surface area (Å²) in [7, 11) is 1.94. The molecule has 0 saturated heterocycles. The highest BCUT2D eigenvalue weighted by atomic mass is 16.3. The molecule has 0 saturated carbocycles. The van der Waals surface area contributed by atoms with E-state index >= 15 is 0 Å². The molecule has 0 aliphatic carbocycles. The predicted molar refractivity (Wildman–Crippen MR) is 62.2 cm³/mol. The molecule has 2 aromatic rings. The molecule has 0 aliphatic rings. The standard InChI is InChI=1S/C12H17N3O/c1-4-15-11(7-9(2)14-15)12(13-3)10-5-6-16-8-10/h5-8,12-13H,4H2,1-3H3. The molecule has 2 rings (SSSR count). The van der Waals surface area contributed by atoms with Gasteiger partial charge in [0.05, 0.1) is 30.0 Å². The highest BCUT2D eigenvalue weighted by Gasteiger charge is 2.17. The summed E-state index contributed by atoms with van der Waals surface area (Å²) in [5.74, 6) is 0. The first-order chi connectivity index (χ1) is 7.76. The van der Waals surface area contributed by atoms with Crippen molar-refractivity contribution in [3.8, 4) is 0 Å². The zero-order chi connectivity index (χ0) is 11.5. The Morgan fingerprint density at radius 3 is 2.94 bits per heavy atom. The average Bonchev–Trinajstić information content (AvgIpc) is 2.89. The van der Waals surface area contributed by atoms with Gasteiger partial charge in [0, 0.05) is 12.1 Å². The number of hydrogen-bond acceptors (Lipinski definition) is 3. The molecule has 2 aromatic heterocycles. The van der Waals surface area contributed by atoms with E-state index in [1.165, 1.54) is 5.69 Å². The normalized spacial score (nSPS) is 12.9. The molecule has 0 aromatic carbocycles. The Balaban J connectivity index is 2.40. The van der Waals surface area contributed by atoms with Gasteiger partial charge in [0.1, 0.15) is 0 Å². The molecule has 16 heavy (non-hydrogen) atoms. The maximum absolute atomic E-state index is 5.13. The zero-order valence-electron chi connectivity index (χ0n) is 9.90. The van der Waals surface area contributed by atoms with Gasteiger partial charge in [0.25, 0.3) is 0 Å². The lowest BCUT2D eigenvalue weighted by Gasteiger charge is -2.15. The van der Waals surface area contributed by atoms with Crippen molar-refractivity contribution in [1.29, 1.82) is 0 Å². The minimum absolute atomic E-state index is 0.139. The van der Waals surface area contributed by atoms with Crippen LogP contribution in [0.3, 0.4) is 0 Å². The minimum Gasteiger partial charge on any atom is -0.472 e. The molecule has 4 nitrogen and oxygen atoms in total. The first-order valence-corrected chi connectivity index (χ1v) is 5.50. The van der Waals surface area contributed by atoms with Gasteiger partial charge in [-0.15, -0.1) is 0 Å². The first kappa shape index (κ1) is 11.0. The molecule has 1 atom stereocenters. The van der Waals surface area contributed by atoms with Gasteiger partial charge in [-0.3, -0.25) is 4.68 Å². The number of hydrogen-bond donors (Lipinski definition) is 1. The van der Waals surface area contributed by atoms with Crippen LogP contribution >= 0.6 is 0 Å². The van der Waals surface area contributed by atoms with Crippen LogP contribution in [-0.4, -0.2) is 16.8 Å². The van der Waals surface area contributed by atoms with Crippen LogP contribution < -0.4 is 5.32 Å². The third-order valence-electron chi connectivity index (χ3n) is 2.69. The summed E-state index contributed by atoms with van der Waals surface area (Å²) in [6.07, 6.45) is 3.46. The Bertz CT molecular complexity index is 445. The van der Waals surface area contributed by atoms with Crippen molar-refractivity contribution >= 4 is 0 Å². The third kappa shape index (κ3) is 1.88. The van der Waals surface area contributed by atoms with Crippen molar-refractivity contribution < 1.29 is 4.42 Å². The number of aryl methyl sites for hydroxylation is 2. The monoisotopic (exact) mass is 219 g/mol. The fraction of sp³-hybridized carbons (Fsp3) is 0.417. The van der Waals surface area contributed by atoms with Crippen molar-refractivity contribution in [2.24, 2.45) is 0 Å². The minimum atomic E-state index is 0.139. The Kier molecular flexibility index (Phi) is 3.10. The lowest BCUT2D eigenvalue weighted by molar-refractivity contribution is 0.539. The Morgan fingerprint density at radius 2 is 2.38 bits per heavy atom. The van der Waals surface area contributed by atoms with E-state index in [4.69, 9.17) is 4.42 Å². The second kappa shape index (κ2) is 4.53. The van der Waals surface area contributed by atoms with E-state index in [0.29, 0.717) is 0 Å². The molecule has 2 heterocycles. The van der Waals surface area contributed by atoms with E-state index in [1.807, 2.05) is 24.7 Å². The highest BCUT2D eigenvalue weighted by Crippen LogP contribution is 2.22. The van der Waals surface area contributed by atoms with Crippen LogP contribution in [0.4, 0.5) is 0 Å². The molecular formula is C12H17N3O. The maximum atomic E-state index is 5.13. The number of rotatable bonds is 4. The number of furan rings is 1. The summed E-state index contributed by atoms with van der Waals surface area (Å²) in [5.41, 5.74) is 3.33. The topological polar surface area (TPSA) is 43.0 Å². The summed E-state index contributed by atoms with van der Waals surface area (Å²) in [4.78, 5) is 0. The van der Waals surface area contributed by atoms with Gasteiger partial charge in [0.2, 0.25) is 0 Å². The van der Waals surface area contributed by atoms with Crippen LogP contribution in [0.2, 0.25) is 0 Å². The lowest BCUT2D eigenvalue weighted by atomic mass is 10.1. The van der Waals surface area contributed by atoms with Gasteiger partial charge in [-0.1, -0.05) is 0 Å². The van der Waals surface area contributed by atoms with Gasteiger partial charge >= 0.3 is 0 Å². The number of aromatic nitrogens is 2. The van der Waals surface area contributed by atoms with Gasteiger partial charge in [-0.25, -0.2) is 0 Å². The molecular weight excluding hydrogens is 202 g/mol.